The van der Waals surface area contributed by atoms with Gasteiger partial charge in [0.1, 0.15) is 5.69 Å². The summed E-state index contributed by atoms with van der Waals surface area (Å²) in [6.45, 7) is 2.84. The van der Waals surface area contributed by atoms with Gasteiger partial charge in [-0.25, -0.2) is 0 Å². The maximum atomic E-state index is 10.8. The standard InChI is InChI=1S/C16H16N6O4/c1-20-13-10-14(21-6-8-25-9-7-21)17-18-16(13)26-15(19-20)11-2-4-12(5-3-11)22(23)24/h2-5,10H,6-9H2,1H3. The Morgan fingerprint density at radius 2 is 1.88 bits per heavy atom. The highest BCUT2D eigenvalue weighted by Gasteiger charge is 2.24. The van der Waals surface area contributed by atoms with Crippen LogP contribution in [0.4, 0.5) is 17.2 Å². The van der Waals surface area contributed by atoms with E-state index < -0.39 is 4.92 Å². The van der Waals surface area contributed by atoms with Crippen LogP contribution < -0.4 is 14.6 Å². The zero-order chi connectivity index (χ0) is 18.1. The lowest BCUT2D eigenvalue weighted by molar-refractivity contribution is -0.384. The van der Waals surface area contributed by atoms with Crippen molar-refractivity contribution < 1.29 is 14.4 Å². The van der Waals surface area contributed by atoms with Crippen molar-refractivity contribution in [3.8, 4) is 5.88 Å². The molecule has 1 aromatic carbocycles. The molecule has 2 aliphatic heterocycles. The van der Waals surface area contributed by atoms with E-state index in [1.807, 2.05) is 6.07 Å². The number of nitro benzene ring substituents is 1. The Hall–Kier alpha value is -3.27. The molecule has 4 rings (SSSR count). The number of morpholine rings is 1. The molecule has 1 aromatic heterocycles. The average molecular weight is 356 g/mol. The van der Waals surface area contributed by atoms with E-state index in [1.165, 1.54) is 12.1 Å². The van der Waals surface area contributed by atoms with Crippen LogP contribution in [0.25, 0.3) is 0 Å². The van der Waals surface area contributed by atoms with E-state index in [1.54, 1.807) is 24.2 Å². The Labute approximate surface area is 148 Å². The third-order valence-electron chi connectivity index (χ3n) is 4.17. The highest BCUT2D eigenvalue weighted by atomic mass is 16.6. The average Bonchev–Trinajstić information content (AvgIpc) is 2.68. The Kier molecular flexibility index (Phi) is 4.09. The van der Waals surface area contributed by atoms with Gasteiger partial charge in [-0.2, -0.15) is 0 Å². The zero-order valence-electron chi connectivity index (χ0n) is 14.0. The number of benzene rings is 1. The molecule has 0 radical (unpaired) electrons. The summed E-state index contributed by atoms with van der Waals surface area (Å²) >= 11 is 0. The number of anilines is 2. The van der Waals surface area contributed by atoms with E-state index in [4.69, 9.17) is 9.47 Å². The van der Waals surface area contributed by atoms with Gasteiger partial charge in [0.15, 0.2) is 5.82 Å². The van der Waals surface area contributed by atoms with Crippen LogP contribution in [-0.4, -0.2) is 54.4 Å². The van der Waals surface area contributed by atoms with Gasteiger partial charge in [0, 0.05) is 43.9 Å². The molecule has 1 saturated heterocycles. The van der Waals surface area contributed by atoms with E-state index in [0.717, 1.165) is 18.9 Å². The fourth-order valence-electron chi connectivity index (χ4n) is 2.76. The number of nitrogens with zero attached hydrogens (tertiary/aromatic N) is 6. The summed E-state index contributed by atoms with van der Waals surface area (Å²) in [5, 5.41) is 25.3. The molecule has 0 atom stereocenters. The number of rotatable bonds is 3. The van der Waals surface area contributed by atoms with Crippen molar-refractivity contribution in [3.63, 3.8) is 0 Å². The number of aromatic nitrogens is 2. The topological polar surface area (TPSA) is 106 Å². The molecule has 10 heteroatoms. The van der Waals surface area contributed by atoms with Crippen LogP contribution >= 0.6 is 0 Å². The van der Waals surface area contributed by atoms with Gasteiger partial charge < -0.3 is 14.4 Å². The lowest BCUT2D eigenvalue weighted by atomic mass is 10.2. The minimum Gasteiger partial charge on any atom is -0.415 e. The van der Waals surface area contributed by atoms with Gasteiger partial charge in [0.2, 0.25) is 5.90 Å². The van der Waals surface area contributed by atoms with Gasteiger partial charge in [-0.05, 0) is 12.1 Å². The van der Waals surface area contributed by atoms with Gasteiger partial charge >= 0.3 is 0 Å². The predicted molar refractivity (Wildman–Crippen MR) is 93.7 cm³/mol. The molecule has 10 nitrogen and oxygen atoms in total. The van der Waals surface area contributed by atoms with Crippen LogP contribution in [0.5, 0.6) is 5.88 Å². The molecule has 0 unspecified atom stereocenters. The lowest BCUT2D eigenvalue weighted by Crippen LogP contribution is -2.37. The largest absolute Gasteiger partial charge is 0.415 e. The second kappa shape index (κ2) is 6.56. The minimum atomic E-state index is -0.451. The van der Waals surface area contributed by atoms with Crippen LogP contribution in [0.2, 0.25) is 0 Å². The van der Waals surface area contributed by atoms with Gasteiger partial charge in [-0.1, -0.05) is 0 Å². The zero-order valence-corrected chi connectivity index (χ0v) is 14.0. The maximum absolute atomic E-state index is 10.8. The van der Waals surface area contributed by atoms with Crippen LogP contribution in [0.15, 0.2) is 35.4 Å². The van der Waals surface area contributed by atoms with Gasteiger partial charge in [-0.3, -0.25) is 15.1 Å². The van der Waals surface area contributed by atoms with E-state index in [9.17, 15) is 10.1 Å². The fraction of sp³-hybridized carbons (Fsp3) is 0.312. The van der Waals surface area contributed by atoms with E-state index in [2.05, 4.69) is 20.2 Å². The summed E-state index contributed by atoms with van der Waals surface area (Å²) in [5.74, 6) is 1.40. The van der Waals surface area contributed by atoms with Crippen molar-refractivity contribution in [3.05, 3.63) is 46.0 Å². The molecule has 2 aromatic rings. The summed E-state index contributed by atoms with van der Waals surface area (Å²) in [6, 6.07) is 7.87. The third-order valence-corrected chi connectivity index (χ3v) is 4.17. The second-order valence-corrected chi connectivity index (χ2v) is 5.83. The maximum Gasteiger partial charge on any atom is 0.269 e. The first-order chi connectivity index (χ1) is 12.6. The Bertz CT molecular complexity index is 864. The molecule has 134 valence electrons. The van der Waals surface area contributed by atoms with Crippen molar-refractivity contribution in [2.45, 2.75) is 0 Å². The minimum absolute atomic E-state index is 0.00820. The van der Waals surface area contributed by atoms with E-state index in [-0.39, 0.29) is 5.69 Å². The Morgan fingerprint density at radius 1 is 1.15 bits per heavy atom. The molecule has 0 saturated carbocycles. The summed E-state index contributed by atoms with van der Waals surface area (Å²) in [5.41, 5.74) is 1.33. The monoisotopic (exact) mass is 356 g/mol. The Morgan fingerprint density at radius 3 is 2.58 bits per heavy atom. The number of hydrogen-bond acceptors (Lipinski definition) is 9. The van der Waals surface area contributed by atoms with E-state index >= 15 is 0 Å². The second-order valence-electron chi connectivity index (χ2n) is 5.83. The van der Waals surface area contributed by atoms with Crippen molar-refractivity contribution in [1.29, 1.82) is 0 Å². The quantitative estimate of drug-likeness (QED) is 0.600. The highest BCUT2D eigenvalue weighted by Crippen LogP contribution is 2.32. The highest BCUT2D eigenvalue weighted by molar-refractivity contribution is 5.98. The first kappa shape index (κ1) is 16.2. The van der Waals surface area contributed by atoms with Crippen LogP contribution in [0.3, 0.4) is 0 Å². The van der Waals surface area contributed by atoms with Gasteiger partial charge in [-0.15, -0.1) is 15.3 Å². The number of hydrazone groups is 1. The fourth-order valence-corrected chi connectivity index (χ4v) is 2.76. The van der Waals surface area contributed by atoms with Crippen molar-refractivity contribution in [1.82, 2.24) is 10.2 Å². The molecular formula is C16H16N6O4. The van der Waals surface area contributed by atoms with Crippen molar-refractivity contribution >= 4 is 23.1 Å². The normalized spacial score (nSPS) is 16.6. The number of nitro groups is 1. The Balaban J connectivity index is 1.59. The lowest BCUT2D eigenvalue weighted by Gasteiger charge is -2.29. The van der Waals surface area contributed by atoms with E-state index in [0.29, 0.717) is 36.2 Å². The SMILES string of the molecule is CN1N=C(c2ccc([N+](=O)[O-])cc2)Oc2nnc(N3CCOCC3)cc21. The first-order valence-corrected chi connectivity index (χ1v) is 8.07. The van der Waals surface area contributed by atoms with Crippen molar-refractivity contribution in [2.24, 2.45) is 5.10 Å². The molecule has 26 heavy (non-hydrogen) atoms. The number of non-ortho nitro benzene ring substituents is 1. The number of fused-ring (bicyclic) bond motifs is 1. The summed E-state index contributed by atoms with van der Waals surface area (Å²) < 4.78 is 11.1. The molecule has 0 aliphatic carbocycles. The van der Waals surface area contributed by atoms with Crippen molar-refractivity contribution in [2.75, 3.05) is 43.3 Å². The molecule has 0 bridgehead atoms. The first-order valence-electron chi connectivity index (χ1n) is 8.07. The van der Waals surface area contributed by atoms with Crippen LogP contribution in [0, 0.1) is 10.1 Å². The van der Waals surface area contributed by atoms with Gasteiger partial charge in [0.25, 0.3) is 11.6 Å². The number of hydrogen-bond donors (Lipinski definition) is 0. The molecule has 1 fully saturated rings. The molecule has 0 N–H and O–H groups in total. The molecule has 3 heterocycles. The molecule has 0 spiro atoms. The molecular weight excluding hydrogens is 340 g/mol. The smallest absolute Gasteiger partial charge is 0.269 e. The number of ether oxygens (including phenoxy) is 2. The van der Waals surface area contributed by atoms with Gasteiger partial charge in [0.05, 0.1) is 18.1 Å². The molecule has 0 amide bonds. The molecule has 2 aliphatic rings. The summed E-state index contributed by atoms with van der Waals surface area (Å²) in [7, 11) is 1.79. The van der Waals surface area contributed by atoms with Crippen LogP contribution in [-0.2, 0) is 4.74 Å². The summed E-state index contributed by atoms with van der Waals surface area (Å²) in [4.78, 5) is 12.4. The predicted octanol–water partition coefficient (Wildman–Crippen LogP) is 1.41. The summed E-state index contributed by atoms with van der Waals surface area (Å²) in [6.07, 6.45) is 0. The van der Waals surface area contributed by atoms with Crippen LogP contribution in [0.1, 0.15) is 5.56 Å². The third kappa shape index (κ3) is 3.02.